The van der Waals surface area contributed by atoms with Gasteiger partial charge in [0.15, 0.2) is 0 Å². The summed E-state index contributed by atoms with van der Waals surface area (Å²) in [6.07, 6.45) is 5.52. The maximum Gasteiger partial charge on any atom is 0.251 e. The topological polar surface area (TPSA) is 84.2 Å². The predicted molar refractivity (Wildman–Crippen MR) is 92.0 cm³/mol. The SMILES string of the molecule is Cl.NCC(NC(=O)c1ccc2c(c1)C(=O)NCC2)C1CCCC1. The predicted octanol–water partition coefficient (Wildman–Crippen LogP) is 1.64. The molecule has 6 heteroatoms. The van der Waals surface area contributed by atoms with Crippen molar-refractivity contribution >= 4 is 24.2 Å². The maximum atomic E-state index is 12.5. The minimum atomic E-state index is -0.136. The standard InChI is InChI=1S/C17H23N3O2.ClH/c18-10-15(12-3-1-2-4-12)20-16(21)13-6-5-11-7-8-19-17(22)14(11)9-13;/h5-6,9,12,15H,1-4,7-8,10,18H2,(H,19,22)(H,20,21);1H. The third-order valence-electron chi connectivity index (χ3n) is 4.84. The van der Waals surface area contributed by atoms with Crippen LogP contribution in [0.25, 0.3) is 0 Å². The first-order valence-electron chi connectivity index (χ1n) is 8.11. The largest absolute Gasteiger partial charge is 0.352 e. The Bertz CT molecular complexity index is 585. The van der Waals surface area contributed by atoms with Crippen molar-refractivity contribution < 1.29 is 9.59 Å². The lowest BCUT2D eigenvalue weighted by atomic mass is 9.96. The van der Waals surface area contributed by atoms with Crippen molar-refractivity contribution in [2.45, 2.75) is 38.1 Å². The fourth-order valence-electron chi connectivity index (χ4n) is 3.53. The van der Waals surface area contributed by atoms with Gasteiger partial charge in [0, 0.05) is 30.3 Å². The minimum Gasteiger partial charge on any atom is -0.352 e. The van der Waals surface area contributed by atoms with Crippen LogP contribution in [0.3, 0.4) is 0 Å². The van der Waals surface area contributed by atoms with E-state index in [1.54, 1.807) is 12.1 Å². The zero-order chi connectivity index (χ0) is 15.5. The molecule has 1 unspecified atom stereocenters. The molecule has 23 heavy (non-hydrogen) atoms. The molecule has 1 aromatic carbocycles. The van der Waals surface area contributed by atoms with E-state index in [0.717, 1.165) is 24.8 Å². The van der Waals surface area contributed by atoms with Gasteiger partial charge < -0.3 is 16.4 Å². The van der Waals surface area contributed by atoms with Gasteiger partial charge in [0.2, 0.25) is 0 Å². The zero-order valence-electron chi connectivity index (χ0n) is 13.1. The zero-order valence-corrected chi connectivity index (χ0v) is 14.0. The number of benzene rings is 1. The van der Waals surface area contributed by atoms with Crippen molar-refractivity contribution in [1.29, 1.82) is 0 Å². The van der Waals surface area contributed by atoms with E-state index < -0.39 is 0 Å². The summed E-state index contributed by atoms with van der Waals surface area (Å²) in [6.45, 7) is 1.12. The third kappa shape index (κ3) is 3.85. The molecular formula is C17H24ClN3O2. The van der Waals surface area contributed by atoms with Crippen molar-refractivity contribution in [2.75, 3.05) is 13.1 Å². The number of rotatable bonds is 4. The Morgan fingerprint density at radius 2 is 2.09 bits per heavy atom. The number of carbonyl (C=O) groups is 2. The van der Waals surface area contributed by atoms with Crippen LogP contribution in [-0.2, 0) is 6.42 Å². The summed E-state index contributed by atoms with van der Waals surface area (Å²) in [5.41, 5.74) is 7.99. The van der Waals surface area contributed by atoms with Gasteiger partial charge in [0.1, 0.15) is 0 Å². The van der Waals surface area contributed by atoms with Crippen molar-refractivity contribution in [3.8, 4) is 0 Å². The summed E-state index contributed by atoms with van der Waals surface area (Å²) >= 11 is 0. The molecule has 4 N–H and O–H groups in total. The maximum absolute atomic E-state index is 12.5. The summed E-state index contributed by atoms with van der Waals surface area (Å²) in [5, 5.41) is 5.86. The number of hydrogen-bond acceptors (Lipinski definition) is 3. The Morgan fingerprint density at radius 1 is 1.35 bits per heavy atom. The lowest BCUT2D eigenvalue weighted by Gasteiger charge is -2.23. The van der Waals surface area contributed by atoms with Crippen LogP contribution in [0.15, 0.2) is 18.2 Å². The monoisotopic (exact) mass is 337 g/mol. The highest BCUT2D eigenvalue weighted by Crippen LogP contribution is 2.27. The van der Waals surface area contributed by atoms with Crippen LogP contribution in [0, 0.1) is 5.92 Å². The van der Waals surface area contributed by atoms with Crippen LogP contribution < -0.4 is 16.4 Å². The number of halogens is 1. The van der Waals surface area contributed by atoms with Gasteiger partial charge in [-0.2, -0.15) is 0 Å². The lowest BCUT2D eigenvalue weighted by molar-refractivity contribution is 0.0924. The normalized spacial score (nSPS) is 18.6. The fraction of sp³-hybridized carbons (Fsp3) is 0.529. The molecule has 2 aliphatic rings. The van der Waals surface area contributed by atoms with E-state index >= 15 is 0 Å². The highest BCUT2D eigenvalue weighted by Gasteiger charge is 2.26. The number of carbonyl (C=O) groups excluding carboxylic acids is 2. The van der Waals surface area contributed by atoms with E-state index in [0.29, 0.717) is 30.1 Å². The summed E-state index contributed by atoms with van der Waals surface area (Å²) < 4.78 is 0. The average molecular weight is 338 g/mol. The molecule has 0 saturated heterocycles. The number of fused-ring (bicyclic) bond motifs is 1. The fourth-order valence-corrected chi connectivity index (χ4v) is 3.53. The molecule has 3 rings (SSSR count). The molecule has 1 aromatic rings. The molecule has 126 valence electrons. The van der Waals surface area contributed by atoms with Crippen LogP contribution in [0.4, 0.5) is 0 Å². The second-order valence-corrected chi connectivity index (χ2v) is 6.24. The van der Waals surface area contributed by atoms with Crippen LogP contribution in [0.5, 0.6) is 0 Å². The van der Waals surface area contributed by atoms with E-state index in [1.165, 1.54) is 12.8 Å². The number of nitrogens with two attached hydrogens (primary N) is 1. The Balaban J connectivity index is 0.00000192. The molecule has 1 aliphatic heterocycles. The second kappa shape index (κ2) is 7.79. The van der Waals surface area contributed by atoms with Crippen LogP contribution in [0.2, 0.25) is 0 Å². The Kier molecular flexibility index (Phi) is 6.02. The highest BCUT2D eigenvalue weighted by molar-refractivity contribution is 6.01. The smallest absolute Gasteiger partial charge is 0.251 e. The molecule has 0 spiro atoms. The Hall–Kier alpha value is -1.59. The van der Waals surface area contributed by atoms with E-state index in [2.05, 4.69) is 10.6 Å². The van der Waals surface area contributed by atoms with Gasteiger partial charge in [-0.15, -0.1) is 12.4 Å². The molecule has 1 heterocycles. The molecule has 1 fully saturated rings. The summed E-state index contributed by atoms with van der Waals surface area (Å²) in [7, 11) is 0. The molecule has 0 bridgehead atoms. The lowest BCUT2D eigenvalue weighted by Crippen LogP contribution is -2.44. The van der Waals surface area contributed by atoms with Gasteiger partial charge in [-0.1, -0.05) is 18.9 Å². The quantitative estimate of drug-likeness (QED) is 0.781. The van der Waals surface area contributed by atoms with Crippen molar-refractivity contribution in [3.63, 3.8) is 0 Å². The van der Waals surface area contributed by atoms with Gasteiger partial charge in [-0.3, -0.25) is 9.59 Å². The first kappa shape index (κ1) is 17.8. The first-order valence-corrected chi connectivity index (χ1v) is 8.11. The highest BCUT2D eigenvalue weighted by atomic mass is 35.5. The van der Waals surface area contributed by atoms with Crippen molar-refractivity contribution in [1.82, 2.24) is 10.6 Å². The van der Waals surface area contributed by atoms with Crippen LogP contribution in [0.1, 0.15) is 52.0 Å². The minimum absolute atomic E-state index is 0. The van der Waals surface area contributed by atoms with Gasteiger partial charge in [-0.05, 0) is 42.9 Å². The van der Waals surface area contributed by atoms with Gasteiger partial charge in [0.05, 0.1) is 0 Å². The second-order valence-electron chi connectivity index (χ2n) is 6.24. The number of nitrogens with one attached hydrogen (secondary N) is 2. The van der Waals surface area contributed by atoms with E-state index in [1.807, 2.05) is 6.07 Å². The van der Waals surface area contributed by atoms with E-state index in [4.69, 9.17) is 5.73 Å². The van der Waals surface area contributed by atoms with Gasteiger partial charge >= 0.3 is 0 Å². The molecular weight excluding hydrogens is 314 g/mol. The summed E-state index contributed by atoms with van der Waals surface area (Å²) in [4.78, 5) is 24.3. The number of hydrogen-bond donors (Lipinski definition) is 3. The van der Waals surface area contributed by atoms with Crippen molar-refractivity contribution in [3.05, 3.63) is 34.9 Å². The summed E-state index contributed by atoms with van der Waals surface area (Å²) in [6, 6.07) is 5.41. The molecule has 1 atom stereocenters. The molecule has 0 aromatic heterocycles. The first-order chi connectivity index (χ1) is 10.7. The number of amides is 2. The van der Waals surface area contributed by atoms with Gasteiger partial charge in [-0.25, -0.2) is 0 Å². The molecule has 1 aliphatic carbocycles. The average Bonchev–Trinajstić information content (AvgIpc) is 3.06. The van der Waals surface area contributed by atoms with Crippen LogP contribution >= 0.6 is 12.4 Å². The molecule has 0 radical (unpaired) electrons. The summed E-state index contributed by atoms with van der Waals surface area (Å²) in [5.74, 6) is 0.250. The Labute approximate surface area is 142 Å². The molecule has 1 saturated carbocycles. The molecule has 2 amide bonds. The van der Waals surface area contributed by atoms with E-state index in [9.17, 15) is 9.59 Å². The van der Waals surface area contributed by atoms with Gasteiger partial charge in [0.25, 0.3) is 11.8 Å². The van der Waals surface area contributed by atoms with Crippen LogP contribution in [-0.4, -0.2) is 30.9 Å². The van der Waals surface area contributed by atoms with E-state index in [-0.39, 0.29) is 30.3 Å². The molecule has 5 nitrogen and oxygen atoms in total. The third-order valence-corrected chi connectivity index (χ3v) is 4.84. The Morgan fingerprint density at radius 3 is 2.78 bits per heavy atom. The van der Waals surface area contributed by atoms with Crippen molar-refractivity contribution in [2.24, 2.45) is 11.7 Å².